The van der Waals surface area contributed by atoms with Gasteiger partial charge in [-0.15, -0.1) is 11.3 Å². The second kappa shape index (κ2) is 15.3. The molecule has 0 spiro atoms. The zero-order valence-electron chi connectivity index (χ0n) is 31.2. The molecule has 2 heterocycles. The topological polar surface area (TPSA) is 38.7 Å². The number of hydrogen-bond acceptors (Lipinski definition) is 4. The Morgan fingerprint density at radius 2 is 0.860 bits per heavy atom. The van der Waals surface area contributed by atoms with Gasteiger partial charge in [-0.1, -0.05) is 176 Å². The van der Waals surface area contributed by atoms with Crippen molar-refractivity contribution in [3.8, 4) is 78.0 Å². The van der Waals surface area contributed by atoms with E-state index in [2.05, 4.69) is 194 Å². The van der Waals surface area contributed by atoms with Gasteiger partial charge < -0.3 is 0 Å². The van der Waals surface area contributed by atoms with Crippen LogP contribution in [0.2, 0.25) is 0 Å². The monoisotopic (exact) mass is 747 g/mol. The molecule has 1 aliphatic rings. The molecular weight excluding hydrogens is 711 g/mol. The first kappa shape index (κ1) is 34.5. The van der Waals surface area contributed by atoms with E-state index >= 15 is 0 Å². The lowest BCUT2D eigenvalue weighted by Gasteiger charge is -2.21. The summed E-state index contributed by atoms with van der Waals surface area (Å²) in [4.78, 5) is 16.3. The highest BCUT2D eigenvalue weighted by molar-refractivity contribution is 7.22. The molecule has 9 aromatic rings. The van der Waals surface area contributed by atoms with Crippen molar-refractivity contribution in [2.24, 2.45) is 0 Å². The highest BCUT2D eigenvalue weighted by Gasteiger charge is 2.19. The van der Waals surface area contributed by atoms with Gasteiger partial charge in [0.15, 0.2) is 17.5 Å². The SMILES string of the molecule is C1=CC(c2c(-c3ccccc3)cc(-c3ccc(-c4nc(-c5ccc(-c6ccccc6)cc5)nc(-c5cc6ccccc6s5)n4)cc3)cc2-c2ccccc2)=CCC1. The summed E-state index contributed by atoms with van der Waals surface area (Å²) in [6.45, 7) is 0. The van der Waals surface area contributed by atoms with Crippen LogP contribution in [-0.2, 0) is 0 Å². The second-order valence-electron chi connectivity index (χ2n) is 14.3. The fourth-order valence-electron chi connectivity index (χ4n) is 7.70. The minimum absolute atomic E-state index is 0.646. The van der Waals surface area contributed by atoms with Gasteiger partial charge in [0, 0.05) is 15.8 Å². The van der Waals surface area contributed by atoms with Gasteiger partial charge in [0.2, 0.25) is 0 Å². The van der Waals surface area contributed by atoms with E-state index in [-0.39, 0.29) is 0 Å². The molecule has 0 atom stereocenters. The van der Waals surface area contributed by atoms with Crippen LogP contribution in [0.3, 0.4) is 0 Å². The first-order valence-corrected chi connectivity index (χ1v) is 20.2. The number of nitrogens with zero attached hydrogens (tertiary/aromatic N) is 3. The van der Waals surface area contributed by atoms with Crippen LogP contribution in [0.1, 0.15) is 18.4 Å². The van der Waals surface area contributed by atoms with Crippen molar-refractivity contribution in [2.45, 2.75) is 12.8 Å². The lowest BCUT2D eigenvalue weighted by atomic mass is 9.83. The molecule has 0 unspecified atom stereocenters. The third-order valence-corrected chi connectivity index (χ3v) is 11.7. The maximum atomic E-state index is 5.11. The molecule has 0 aliphatic heterocycles. The van der Waals surface area contributed by atoms with Crippen LogP contribution in [-0.4, -0.2) is 15.0 Å². The van der Waals surface area contributed by atoms with E-state index in [1.807, 2.05) is 6.07 Å². The van der Waals surface area contributed by atoms with Crippen molar-refractivity contribution in [2.75, 3.05) is 0 Å². The predicted molar refractivity (Wildman–Crippen MR) is 240 cm³/mol. The molecule has 0 N–H and O–H groups in total. The Morgan fingerprint density at radius 1 is 0.386 bits per heavy atom. The van der Waals surface area contributed by atoms with Crippen molar-refractivity contribution in [1.29, 1.82) is 0 Å². The van der Waals surface area contributed by atoms with Crippen molar-refractivity contribution in [1.82, 2.24) is 15.0 Å². The average Bonchev–Trinajstić information content (AvgIpc) is 3.75. The molecule has 0 fully saturated rings. The van der Waals surface area contributed by atoms with Gasteiger partial charge in [-0.3, -0.25) is 0 Å². The molecule has 0 amide bonds. The summed E-state index contributed by atoms with van der Waals surface area (Å²) < 4.78 is 1.21. The molecule has 10 rings (SSSR count). The summed E-state index contributed by atoms with van der Waals surface area (Å²) in [5.41, 5.74) is 13.9. The van der Waals surface area contributed by atoms with Crippen LogP contribution < -0.4 is 0 Å². The number of rotatable bonds is 8. The first-order chi connectivity index (χ1) is 28.2. The summed E-state index contributed by atoms with van der Waals surface area (Å²) in [6, 6.07) is 64.5. The highest BCUT2D eigenvalue weighted by Crippen LogP contribution is 2.43. The normalized spacial score (nSPS) is 12.5. The quantitative estimate of drug-likeness (QED) is 0.155. The van der Waals surface area contributed by atoms with Crippen LogP contribution in [0.15, 0.2) is 200 Å². The van der Waals surface area contributed by atoms with Gasteiger partial charge >= 0.3 is 0 Å². The summed E-state index contributed by atoms with van der Waals surface area (Å²) >= 11 is 1.71. The number of thiophene rings is 1. The minimum Gasteiger partial charge on any atom is -0.208 e. The number of benzene rings is 7. The molecule has 0 saturated carbocycles. The molecule has 57 heavy (non-hydrogen) atoms. The number of hydrogen-bond donors (Lipinski definition) is 0. The lowest BCUT2D eigenvalue weighted by molar-refractivity contribution is 1.04. The number of aromatic nitrogens is 3. The first-order valence-electron chi connectivity index (χ1n) is 19.4. The largest absolute Gasteiger partial charge is 0.208 e. The van der Waals surface area contributed by atoms with E-state index in [1.165, 1.54) is 49.0 Å². The maximum Gasteiger partial charge on any atom is 0.174 e. The fourth-order valence-corrected chi connectivity index (χ4v) is 8.70. The van der Waals surface area contributed by atoms with E-state index in [0.29, 0.717) is 17.5 Å². The molecule has 3 nitrogen and oxygen atoms in total. The molecule has 4 heteroatoms. The van der Waals surface area contributed by atoms with Crippen molar-refractivity contribution in [3.05, 3.63) is 206 Å². The Labute approximate surface area is 337 Å². The molecule has 270 valence electrons. The van der Waals surface area contributed by atoms with E-state index in [9.17, 15) is 0 Å². The minimum atomic E-state index is 0.646. The molecular formula is C53H37N3S. The predicted octanol–water partition coefficient (Wildman–Crippen LogP) is 14.5. The molecule has 0 radical (unpaired) electrons. The Hall–Kier alpha value is -7.01. The van der Waals surface area contributed by atoms with Crippen LogP contribution >= 0.6 is 11.3 Å². The van der Waals surface area contributed by atoms with Gasteiger partial charge in [-0.2, -0.15) is 0 Å². The molecule has 0 bridgehead atoms. The smallest absolute Gasteiger partial charge is 0.174 e. The summed E-state index contributed by atoms with van der Waals surface area (Å²) in [7, 11) is 0. The lowest BCUT2D eigenvalue weighted by Crippen LogP contribution is -1.99. The molecule has 1 aliphatic carbocycles. The van der Waals surface area contributed by atoms with Gasteiger partial charge in [0.25, 0.3) is 0 Å². The number of fused-ring (bicyclic) bond motifs is 1. The van der Waals surface area contributed by atoms with Crippen LogP contribution in [0, 0.1) is 0 Å². The van der Waals surface area contributed by atoms with Crippen LogP contribution in [0.5, 0.6) is 0 Å². The van der Waals surface area contributed by atoms with Crippen molar-refractivity contribution >= 4 is 27.0 Å². The van der Waals surface area contributed by atoms with E-state index < -0.39 is 0 Å². The Morgan fingerprint density at radius 3 is 1.40 bits per heavy atom. The highest BCUT2D eigenvalue weighted by atomic mass is 32.1. The Bertz CT molecular complexity index is 2820. The second-order valence-corrected chi connectivity index (χ2v) is 15.4. The molecule has 7 aromatic carbocycles. The van der Waals surface area contributed by atoms with Crippen molar-refractivity contribution < 1.29 is 0 Å². The Kier molecular flexibility index (Phi) is 9.23. The van der Waals surface area contributed by atoms with Gasteiger partial charge in [0.1, 0.15) is 0 Å². The third-order valence-electron chi connectivity index (χ3n) is 10.6. The Balaban J connectivity index is 1.08. The summed E-state index contributed by atoms with van der Waals surface area (Å²) in [5, 5.41) is 1.18. The zero-order valence-corrected chi connectivity index (χ0v) is 32.0. The van der Waals surface area contributed by atoms with Gasteiger partial charge in [-0.25, -0.2) is 15.0 Å². The maximum absolute atomic E-state index is 5.11. The van der Waals surface area contributed by atoms with Gasteiger partial charge in [0.05, 0.1) is 4.88 Å². The third kappa shape index (κ3) is 7.04. The fraction of sp³-hybridized carbons (Fsp3) is 0.0377. The number of allylic oxidation sites excluding steroid dienone is 4. The average molecular weight is 748 g/mol. The van der Waals surface area contributed by atoms with E-state index in [1.54, 1.807) is 11.3 Å². The standard InChI is InChI=1S/C53H37N3S/c1-5-15-36(16-6-1)37-25-29-42(30-26-37)51-54-52(56-53(55-51)49-35-44-23-13-14-24-48(44)57-49)43-31-27-38(28-32-43)45-33-46(39-17-7-2-8-18-39)50(41-21-11-4-12-22-41)47(34-45)40-19-9-3-10-20-40/h1-3,5-11,13-35H,4,12H2. The van der Waals surface area contributed by atoms with E-state index in [0.717, 1.165) is 45.5 Å². The van der Waals surface area contributed by atoms with E-state index in [4.69, 9.17) is 15.0 Å². The summed E-state index contributed by atoms with van der Waals surface area (Å²) in [5.74, 6) is 1.97. The molecule has 0 saturated heterocycles. The summed E-state index contributed by atoms with van der Waals surface area (Å²) in [6.07, 6.45) is 9.09. The molecule has 2 aromatic heterocycles. The van der Waals surface area contributed by atoms with Crippen molar-refractivity contribution in [3.63, 3.8) is 0 Å². The van der Waals surface area contributed by atoms with Gasteiger partial charge in [-0.05, 0) is 98.1 Å². The van der Waals surface area contributed by atoms with Crippen LogP contribution in [0.25, 0.3) is 93.6 Å². The zero-order chi connectivity index (χ0) is 38.0. The van der Waals surface area contributed by atoms with Crippen LogP contribution in [0.4, 0.5) is 0 Å².